The summed E-state index contributed by atoms with van der Waals surface area (Å²) in [6.45, 7) is 0. The molecule has 316 valence electrons. The minimum absolute atomic E-state index is 0.985. The van der Waals surface area contributed by atoms with E-state index in [1.807, 2.05) is 73.1 Å². The number of aromatic nitrogens is 2. The Morgan fingerprint density at radius 1 is 0.242 bits per heavy atom. The number of hydrogen-bond acceptors (Lipinski definition) is 4. The van der Waals surface area contributed by atoms with Crippen LogP contribution in [0.4, 0.5) is 34.1 Å². The topological polar surface area (TPSA) is 32.3 Å². The van der Waals surface area contributed by atoms with Gasteiger partial charge in [-0.3, -0.25) is 9.97 Å². The Kier molecular flexibility index (Phi) is 13.8. The van der Waals surface area contributed by atoms with Gasteiger partial charge in [-0.15, -0.1) is 0 Å². The Morgan fingerprint density at radius 2 is 0.545 bits per heavy atom. The number of nitrogens with zero attached hydrogens (tertiary/aromatic N) is 4. The molecule has 10 aromatic rings. The monoisotopic (exact) mass is 848 g/mol. The summed E-state index contributed by atoms with van der Waals surface area (Å²) in [4.78, 5) is 13.4. The first kappa shape index (κ1) is 42.4. The zero-order valence-electron chi connectivity index (χ0n) is 36.5. The van der Waals surface area contributed by atoms with Crippen molar-refractivity contribution >= 4 is 58.4 Å². The highest BCUT2D eigenvalue weighted by Crippen LogP contribution is 2.36. The van der Waals surface area contributed by atoms with Crippen LogP contribution in [0.5, 0.6) is 0 Å². The molecule has 0 aliphatic rings. The van der Waals surface area contributed by atoms with Gasteiger partial charge >= 0.3 is 0 Å². The van der Waals surface area contributed by atoms with Crippen molar-refractivity contribution in [3.05, 3.63) is 289 Å². The molecule has 10 rings (SSSR count). The molecule has 0 spiro atoms. The molecule has 0 aliphatic heterocycles. The van der Waals surface area contributed by atoms with Crippen molar-refractivity contribution in [2.75, 3.05) is 9.80 Å². The van der Waals surface area contributed by atoms with Crippen molar-refractivity contribution in [2.45, 2.75) is 0 Å². The van der Waals surface area contributed by atoms with E-state index in [1.54, 1.807) is 0 Å². The van der Waals surface area contributed by atoms with E-state index in [2.05, 4.69) is 238 Å². The van der Waals surface area contributed by atoms with Crippen molar-refractivity contribution in [1.29, 1.82) is 0 Å². The summed E-state index contributed by atoms with van der Waals surface area (Å²) in [6, 6.07) is 88.0. The minimum atomic E-state index is 0.985. The van der Waals surface area contributed by atoms with Gasteiger partial charge in [-0.1, -0.05) is 170 Å². The Labute approximate surface area is 388 Å². The maximum Gasteiger partial charge on any atom is 0.0702 e. The van der Waals surface area contributed by atoms with E-state index >= 15 is 0 Å². The molecule has 0 N–H and O–H groups in total. The number of pyridine rings is 2. The fraction of sp³-hybridized carbons (Fsp3) is 0. The lowest BCUT2D eigenvalue weighted by Gasteiger charge is -2.25. The van der Waals surface area contributed by atoms with E-state index in [4.69, 9.17) is 0 Å². The molecule has 0 unspecified atom stereocenters. The highest BCUT2D eigenvalue weighted by atomic mass is 15.1. The molecule has 0 saturated heterocycles. The van der Waals surface area contributed by atoms with Crippen molar-refractivity contribution in [3.63, 3.8) is 0 Å². The molecule has 2 heterocycles. The maximum atomic E-state index is 4.46. The number of rotatable bonds is 12. The summed E-state index contributed by atoms with van der Waals surface area (Å²) in [6.07, 6.45) is 12.2. The number of anilines is 6. The zero-order chi connectivity index (χ0) is 44.6. The van der Waals surface area contributed by atoms with Crippen molar-refractivity contribution in [1.82, 2.24) is 9.97 Å². The summed E-state index contributed by atoms with van der Waals surface area (Å²) >= 11 is 0. The Morgan fingerprint density at radius 3 is 0.864 bits per heavy atom. The third-order valence-electron chi connectivity index (χ3n) is 11.0. The van der Waals surface area contributed by atoms with Gasteiger partial charge in [0.1, 0.15) is 0 Å². The quantitative estimate of drug-likeness (QED) is 0.115. The second kappa shape index (κ2) is 21.5. The summed E-state index contributed by atoms with van der Waals surface area (Å²) in [5, 5.41) is 0. The van der Waals surface area contributed by atoms with Crippen LogP contribution >= 0.6 is 0 Å². The average molecular weight is 849 g/mol. The van der Waals surface area contributed by atoms with Gasteiger partial charge < -0.3 is 9.80 Å². The molecule has 0 atom stereocenters. The van der Waals surface area contributed by atoms with Gasteiger partial charge in [0.2, 0.25) is 0 Å². The lowest BCUT2D eigenvalue weighted by Crippen LogP contribution is -2.09. The van der Waals surface area contributed by atoms with Crippen LogP contribution in [0.3, 0.4) is 0 Å². The molecule has 0 bridgehead atoms. The molecule has 0 aliphatic carbocycles. The number of hydrogen-bond donors (Lipinski definition) is 0. The fourth-order valence-electron chi connectivity index (χ4n) is 7.73. The largest absolute Gasteiger partial charge is 0.311 e. The summed E-state index contributed by atoms with van der Waals surface area (Å²) in [5.74, 6) is 0. The first-order valence-corrected chi connectivity index (χ1v) is 22.1. The van der Waals surface area contributed by atoms with Crippen molar-refractivity contribution in [2.24, 2.45) is 0 Å². The first-order chi connectivity index (χ1) is 32.7. The standard InChI is InChI=1S/2C31H24N2/c2*1-3-12-28(13-4-1)33(29-14-5-2-6-15-29)30-21-19-25(20-22-30)17-18-26-10-9-11-27(24-26)31-16-7-8-23-32-31/h2*1-24H/b2*18-17+. The van der Waals surface area contributed by atoms with Gasteiger partial charge in [-0.05, 0) is 131 Å². The predicted molar refractivity (Wildman–Crippen MR) is 279 cm³/mol. The van der Waals surface area contributed by atoms with E-state index in [0.29, 0.717) is 0 Å². The molecule has 0 radical (unpaired) electrons. The summed E-state index contributed by atoms with van der Waals surface area (Å²) in [7, 11) is 0. The van der Waals surface area contributed by atoms with Crippen LogP contribution in [0.25, 0.3) is 46.8 Å². The van der Waals surface area contributed by atoms with E-state index in [9.17, 15) is 0 Å². The lowest BCUT2D eigenvalue weighted by molar-refractivity contribution is 1.28. The third kappa shape index (κ3) is 11.0. The van der Waals surface area contributed by atoms with Gasteiger partial charge in [0.25, 0.3) is 0 Å². The SMILES string of the molecule is C(=C\c1cccc(-c2ccccn2)c1)/c1ccc(N(c2ccccc2)c2ccccc2)cc1.C(=C\c1cccc(-c2ccccn2)c1)/c1ccc(N(c2ccccc2)c2ccccc2)cc1. The van der Waals surface area contributed by atoms with Crippen LogP contribution in [0.15, 0.2) is 267 Å². The van der Waals surface area contributed by atoms with Crippen molar-refractivity contribution in [3.8, 4) is 22.5 Å². The first-order valence-electron chi connectivity index (χ1n) is 22.1. The predicted octanol–water partition coefficient (Wildman–Crippen LogP) is 16.8. The molecule has 4 nitrogen and oxygen atoms in total. The zero-order valence-corrected chi connectivity index (χ0v) is 36.5. The maximum absolute atomic E-state index is 4.46. The molecule has 66 heavy (non-hydrogen) atoms. The van der Waals surface area contributed by atoms with Gasteiger partial charge in [-0.25, -0.2) is 0 Å². The van der Waals surface area contributed by atoms with Crippen LogP contribution < -0.4 is 9.80 Å². The average Bonchev–Trinajstić information content (AvgIpc) is 3.40. The molecule has 0 amide bonds. The highest BCUT2D eigenvalue weighted by molar-refractivity contribution is 5.80. The van der Waals surface area contributed by atoms with Gasteiger partial charge in [0.05, 0.1) is 11.4 Å². The molecule has 4 heteroatoms. The number of benzene rings is 8. The van der Waals surface area contributed by atoms with E-state index in [-0.39, 0.29) is 0 Å². The van der Waals surface area contributed by atoms with Gasteiger partial charge in [0, 0.05) is 57.6 Å². The smallest absolute Gasteiger partial charge is 0.0702 e. The molecule has 8 aromatic carbocycles. The van der Waals surface area contributed by atoms with Crippen LogP contribution in [0.2, 0.25) is 0 Å². The van der Waals surface area contributed by atoms with E-state index in [0.717, 1.165) is 78.9 Å². The second-order valence-electron chi connectivity index (χ2n) is 15.5. The minimum Gasteiger partial charge on any atom is -0.311 e. The van der Waals surface area contributed by atoms with Crippen LogP contribution in [-0.2, 0) is 0 Å². The van der Waals surface area contributed by atoms with E-state index in [1.165, 1.54) is 0 Å². The van der Waals surface area contributed by atoms with Crippen molar-refractivity contribution < 1.29 is 0 Å². The fourth-order valence-corrected chi connectivity index (χ4v) is 7.73. The van der Waals surface area contributed by atoms with Crippen LogP contribution in [0.1, 0.15) is 22.3 Å². The van der Waals surface area contributed by atoms with Crippen LogP contribution in [0, 0.1) is 0 Å². The normalized spacial score (nSPS) is 10.9. The Balaban J connectivity index is 0.000000166. The van der Waals surface area contributed by atoms with E-state index < -0.39 is 0 Å². The summed E-state index contributed by atoms with van der Waals surface area (Å²) < 4.78 is 0. The number of para-hydroxylation sites is 4. The molecular weight excluding hydrogens is 801 g/mol. The third-order valence-corrected chi connectivity index (χ3v) is 11.0. The summed E-state index contributed by atoms with van der Waals surface area (Å²) in [5.41, 5.74) is 15.6. The molecule has 2 aromatic heterocycles. The Hall–Kier alpha value is -8.86. The molecular formula is C62H48N4. The second-order valence-corrected chi connectivity index (χ2v) is 15.5. The van der Waals surface area contributed by atoms with Crippen LogP contribution in [-0.4, -0.2) is 9.97 Å². The molecule has 0 fully saturated rings. The lowest BCUT2D eigenvalue weighted by atomic mass is 10.1. The van der Waals surface area contributed by atoms with Gasteiger partial charge in [-0.2, -0.15) is 0 Å². The van der Waals surface area contributed by atoms with Gasteiger partial charge in [0.15, 0.2) is 0 Å². The molecule has 0 saturated carbocycles. The Bertz CT molecular complexity index is 2790. The highest BCUT2D eigenvalue weighted by Gasteiger charge is 2.13.